The predicted octanol–water partition coefficient (Wildman–Crippen LogP) is 4.73. The zero-order valence-electron chi connectivity index (χ0n) is 12.9. The number of allylic oxidation sites excluding steroid dienone is 1. The van der Waals surface area contributed by atoms with Crippen LogP contribution < -0.4 is 0 Å². The van der Waals surface area contributed by atoms with Crippen molar-refractivity contribution in [2.45, 2.75) is 23.8 Å². The Balaban J connectivity index is 2.24. The quantitative estimate of drug-likeness (QED) is 0.547. The second-order valence-corrected chi connectivity index (χ2v) is 7.58. The molecule has 1 aromatic carbocycles. The Morgan fingerprint density at radius 2 is 2.00 bits per heavy atom. The topological polar surface area (TPSA) is 30.3 Å². The molecule has 0 aromatic heterocycles. The average Bonchev–Trinajstić information content (AvgIpc) is 2.87. The van der Waals surface area contributed by atoms with Gasteiger partial charge in [-0.05, 0) is 29.6 Å². The van der Waals surface area contributed by atoms with Gasteiger partial charge in [0, 0.05) is 19.8 Å². The van der Waals surface area contributed by atoms with E-state index in [2.05, 4.69) is 0 Å². The summed E-state index contributed by atoms with van der Waals surface area (Å²) >= 11 is 2.23. The number of thioether (sulfide) groups is 1. The third-order valence-electron chi connectivity index (χ3n) is 3.31. The van der Waals surface area contributed by atoms with E-state index in [0.717, 1.165) is 36.2 Å². The van der Waals surface area contributed by atoms with Gasteiger partial charge >= 0.3 is 6.18 Å². The lowest BCUT2D eigenvalue weighted by Gasteiger charge is -2.34. The summed E-state index contributed by atoms with van der Waals surface area (Å²) in [4.78, 5) is 2.16. The van der Waals surface area contributed by atoms with Crippen LogP contribution in [-0.4, -0.2) is 33.7 Å². The van der Waals surface area contributed by atoms with E-state index in [4.69, 9.17) is 5.26 Å². The summed E-state index contributed by atoms with van der Waals surface area (Å²) in [5, 5.41) is 8.93. The number of rotatable bonds is 5. The fraction of sp³-hybridized carbons (Fsp3) is 0.400. The molecule has 0 saturated carbocycles. The molecule has 0 fully saturated rings. The third-order valence-corrected chi connectivity index (χ3v) is 6.10. The number of nitrogens with zero attached hydrogens (tertiary/aromatic N) is 3. The summed E-state index contributed by atoms with van der Waals surface area (Å²) in [6.07, 6.45) is -2.90. The molecule has 0 aliphatic carbocycles. The Hall–Kier alpha value is -1.37. The molecule has 0 radical (unpaired) electrons. The molecule has 1 aliphatic heterocycles. The van der Waals surface area contributed by atoms with Crippen LogP contribution in [0.4, 0.5) is 17.6 Å². The fourth-order valence-corrected chi connectivity index (χ4v) is 4.71. The molecule has 0 spiro atoms. The summed E-state index contributed by atoms with van der Waals surface area (Å²) in [7, 11) is 1.71. The molecule has 1 aromatic rings. The standard InChI is InChI=1S/C15H15F4N3S2/c1-3-22(24-14-21(2)9-12(8-20)23-14)13(15(17,18)19)10-4-6-11(16)7-5-10/h4-7,9,13-14H,3H2,1-2H3. The molecular formula is C15H15F4N3S2. The normalized spacial score (nSPS) is 19.3. The van der Waals surface area contributed by atoms with Crippen LogP contribution >= 0.6 is 23.7 Å². The van der Waals surface area contributed by atoms with E-state index in [1.54, 1.807) is 25.1 Å². The van der Waals surface area contributed by atoms with Gasteiger partial charge in [0.1, 0.15) is 27.5 Å². The minimum absolute atomic E-state index is 0.0163. The molecule has 0 saturated heterocycles. The van der Waals surface area contributed by atoms with Gasteiger partial charge in [-0.3, -0.25) is 0 Å². The molecule has 3 nitrogen and oxygen atoms in total. The van der Waals surface area contributed by atoms with Gasteiger partial charge in [0.05, 0.1) is 0 Å². The number of hydrogen-bond acceptors (Lipinski definition) is 5. The number of nitriles is 1. The Morgan fingerprint density at radius 1 is 1.38 bits per heavy atom. The highest BCUT2D eigenvalue weighted by atomic mass is 32.2. The van der Waals surface area contributed by atoms with Gasteiger partial charge in [0.2, 0.25) is 0 Å². The van der Waals surface area contributed by atoms with Gasteiger partial charge in [-0.2, -0.15) is 18.4 Å². The van der Waals surface area contributed by atoms with Crippen LogP contribution in [0.2, 0.25) is 0 Å². The van der Waals surface area contributed by atoms with Crippen molar-refractivity contribution in [1.29, 1.82) is 5.26 Å². The van der Waals surface area contributed by atoms with E-state index in [9.17, 15) is 17.6 Å². The fourth-order valence-electron chi connectivity index (χ4n) is 2.22. The summed E-state index contributed by atoms with van der Waals surface area (Å²) in [5.74, 6) is -0.579. The highest BCUT2D eigenvalue weighted by Crippen LogP contribution is 2.46. The van der Waals surface area contributed by atoms with Crippen molar-refractivity contribution in [2.75, 3.05) is 13.6 Å². The van der Waals surface area contributed by atoms with Crippen molar-refractivity contribution in [3.8, 4) is 6.07 Å². The average molecular weight is 377 g/mol. The van der Waals surface area contributed by atoms with Crippen LogP contribution in [-0.2, 0) is 0 Å². The van der Waals surface area contributed by atoms with E-state index in [1.165, 1.54) is 16.1 Å². The summed E-state index contributed by atoms with van der Waals surface area (Å²) in [5.41, 5.74) is -0.0163. The molecule has 2 rings (SSSR count). The Kier molecular flexibility index (Phi) is 6.06. The first-order valence-corrected chi connectivity index (χ1v) is 8.74. The highest BCUT2D eigenvalue weighted by molar-refractivity contribution is 8.18. The maximum atomic E-state index is 13.6. The van der Waals surface area contributed by atoms with Gasteiger partial charge in [0.15, 0.2) is 0 Å². The molecular weight excluding hydrogens is 362 g/mol. The molecule has 24 heavy (non-hydrogen) atoms. The number of benzene rings is 1. The van der Waals surface area contributed by atoms with Crippen LogP contribution in [0.3, 0.4) is 0 Å². The monoisotopic (exact) mass is 377 g/mol. The molecule has 1 heterocycles. The van der Waals surface area contributed by atoms with E-state index < -0.39 is 18.0 Å². The van der Waals surface area contributed by atoms with E-state index in [1.807, 2.05) is 6.07 Å². The van der Waals surface area contributed by atoms with Crippen LogP contribution in [0.15, 0.2) is 35.4 Å². The molecule has 1 aliphatic rings. The van der Waals surface area contributed by atoms with Crippen molar-refractivity contribution in [2.24, 2.45) is 0 Å². The van der Waals surface area contributed by atoms with Crippen molar-refractivity contribution < 1.29 is 17.6 Å². The smallest absolute Gasteiger partial charge is 0.357 e. The molecule has 0 amide bonds. The van der Waals surface area contributed by atoms with Crippen molar-refractivity contribution >= 4 is 23.7 Å². The molecule has 0 bridgehead atoms. The van der Waals surface area contributed by atoms with E-state index in [0.29, 0.717) is 4.91 Å². The lowest BCUT2D eigenvalue weighted by Crippen LogP contribution is -2.36. The van der Waals surface area contributed by atoms with Crippen molar-refractivity contribution in [3.05, 3.63) is 46.8 Å². The highest BCUT2D eigenvalue weighted by Gasteiger charge is 2.46. The molecule has 2 unspecified atom stereocenters. The second-order valence-electron chi connectivity index (χ2n) is 5.03. The van der Waals surface area contributed by atoms with Gasteiger partial charge in [0.25, 0.3) is 0 Å². The number of halogens is 4. The molecule has 9 heteroatoms. The van der Waals surface area contributed by atoms with Gasteiger partial charge < -0.3 is 4.90 Å². The summed E-state index contributed by atoms with van der Waals surface area (Å²) in [6.45, 7) is 1.77. The Labute approximate surface area is 146 Å². The summed E-state index contributed by atoms with van der Waals surface area (Å²) in [6, 6.07) is 4.51. The number of hydrogen-bond donors (Lipinski definition) is 0. The Morgan fingerprint density at radius 3 is 2.46 bits per heavy atom. The van der Waals surface area contributed by atoms with Gasteiger partial charge in [-0.25, -0.2) is 8.70 Å². The second kappa shape index (κ2) is 7.68. The van der Waals surface area contributed by atoms with Crippen molar-refractivity contribution in [1.82, 2.24) is 9.21 Å². The maximum Gasteiger partial charge on any atom is 0.408 e. The van der Waals surface area contributed by atoms with E-state index in [-0.39, 0.29) is 16.8 Å². The first-order chi connectivity index (χ1) is 11.3. The zero-order valence-corrected chi connectivity index (χ0v) is 14.6. The van der Waals surface area contributed by atoms with Gasteiger partial charge in [-0.1, -0.05) is 30.8 Å². The van der Waals surface area contributed by atoms with Gasteiger partial charge in [-0.15, -0.1) is 0 Å². The minimum Gasteiger partial charge on any atom is -0.357 e. The number of alkyl halides is 3. The maximum absolute atomic E-state index is 13.6. The predicted molar refractivity (Wildman–Crippen MR) is 88.0 cm³/mol. The largest absolute Gasteiger partial charge is 0.408 e. The molecule has 130 valence electrons. The van der Waals surface area contributed by atoms with Crippen LogP contribution in [0, 0.1) is 17.1 Å². The first-order valence-electron chi connectivity index (χ1n) is 7.02. The first kappa shape index (κ1) is 19.0. The summed E-state index contributed by atoms with van der Waals surface area (Å²) < 4.78 is 54.8. The molecule has 0 N–H and O–H groups in total. The SMILES string of the molecule is CCN(SC1SC(C#N)=CN1C)C(c1ccc(F)cc1)C(F)(F)F. The van der Waals surface area contributed by atoms with Crippen LogP contribution in [0.1, 0.15) is 18.5 Å². The van der Waals surface area contributed by atoms with Crippen LogP contribution in [0.25, 0.3) is 0 Å². The molecule has 2 atom stereocenters. The zero-order chi connectivity index (χ0) is 17.9. The lowest BCUT2D eigenvalue weighted by atomic mass is 10.1. The minimum atomic E-state index is -4.51. The van der Waals surface area contributed by atoms with E-state index >= 15 is 0 Å². The lowest BCUT2D eigenvalue weighted by molar-refractivity contribution is -0.172. The third kappa shape index (κ3) is 4.37. The Bertz CT molecular complexity index is 640. The van der Waals surface area contributed by atoms with Crippen molar-refractivity contribution in [3.63, 3.8) is 0 Å². The van der Waals surface area contributed by atoms with Crippen LogP contribution in [0.5, 0.6) is 0 Å².